The number of benzene rings is 2. The number of carbonyl (C=O) groups is 1. The first kappa shape index (κ1) is 19.4. The van der Waals surface area contributed by atoms with Crippen molar-refractivity contribution in [2.75, 3.05) is 20.3 Å². The minimum atomic E-state index is -0.484. The molecule has 29 heavy (non-hydrogen) atoms. The Morgan fingerprint density at radius 1 is 1.03 bits per heavy atom. The van der Waals surface area contributed by atoms with E-state index in [1.165, 1.54) is 5.56 Å². The van der Waals surface area contributed by atoms with Crippen molar-refractivity contribution in [3.63, 3.8) is 0 Å². The zero-order valence-electron chi connectivity index (χ0n) is 17.2. The number of rotatable bonds is 4. The Kier molecular flexibility index (Phi) is 4.79. The average molecular weight is 391 g/mol. The van der Waals surface area contributed by atoms with Gasteiger partial charge in [-0.15, -0.1) is 0 Å². The first-order chi connectivity index (χ1) is 13.8. The van der Waals surface area contributed by atoms with E-state index in [0.29, 0.717) is 29.7 Å². The van der Waals surface area contributed by atoms with Crippen molar-refractivity contribution in [3.8, 4) is 0 Å². The molecule has 0 unspecified atom stereocenters. The van der Waals surface area contributed by atoms with Gasteiger partial charge in [-0.1, -0.05) is 57.2 Å². The van der Waals surface area contributed by atoms with E-state index < -0.39 is 6.04 Å². The number of amides is 1. The second kappa shape index (κ2) is 7.16. The standard InChI is InChI=1S/C24H25NO4/c1-24(2,3)16-11-9-15(10-12-16)20-19-21(26)17-7-5-6-8-18(17)29-22(19)23(27)25(20)13-14-28-4/h5-12,20H,13-14H2,1-4H3/t20-/m1/s1. The molecule has 2 heterocycles. The lowest BCUT2D eigenvalue weighted by Crippen LogP contribution is -2.32. The van der Waals surface area contributed by atoms with E-state index in [2.05, 4.69) is 32.9 Å². The highest BCUT2D eigenvalue weighted by Crippen LogP contribution is 2.38. The molecule has 1 amide bonds. The number of methoxy groups -OCH3 is 1. The van der Waals surface area contributed by atoms with E-state index in [0.717, 1.165) is 5.56 Å². The monoisotopic (exact) mass is 391 g/mol. The molecule has 0 saturated carbocycles. The van der Waals surface area contributed by atoms with Gasteiger partial charge in [0.25, 0.3) is 5.91 Å². The van der Waals surface area contributed by atoms with Gasteiger partial charge in [0.1, 0.15) is 5.58 Å². The van der Waals surface area contributed by atoms with E-state index in [4.69, 9.17) is 9.15 Å². The van der Waals surface area contributed by atoms with E-state index in [-0.39, 0.29) is 22.5 Å². The number of nitrogens with zero attached hydrogens (tertiary/aromatic N) is 1. The van der Waals surface area contributed by atoms with Crippen molar-refractivity contribution in [1.82, 2.24) is 4.90 Å². The molecular formula is C24H25NO4. The zero-order chi connectivity index (χ0) is 20.8. The van der Waals surface area contributed by atoms with Crippen LogP contribution < -0.4 is 5.43 Å². The van der Waals surface area contributed by atoms with Crippen molar-refractivity contribution in [2.24, 2.45) is 0 Å². The number of hydrogen-bond donors (Lipinski definition) is 0. The maximum absolute atomic E-state index is 13.3. The van der Waals surface area contributed by atoms with Crippen molar-refractivity contribution >= 4 is 16.9 Å². The number of fused-ring (bicyclic) bond motifs is 2. The van der Waals surface area contributed by atoms with Crippen molar-refractivity contribution in [3.05, 3.63) is 81.2 Å². The van der Waals surface area contributed by atoms with Gasteiger partial charge in [-0.05, 0) is 28.7 Å². The molecule has 1 aliphatic rings. The summed E-state index contributed by atoms with van der Waals surface area (Å²) in [5, 5.41) is 0.490. The molecule has 0 fully saturated rings. The smallest absolute Gasteiger partial charge is 0.290 e. The van der Waals surface area contributed by atoms with Gasteiger partial charge < -0.3 is 14.1 Å². The summed E-state index contributed by atoms with van der Waals surface area (Å²) in [5.41, 5.74) is 2.80. The molecule has 0 spiro atoms. The van der Waals surface area contributed by atoms with Crippen LogP contribution in [0.15, 0.2) is 57.7 Å². The Morgan fingerprint density at radius 2 is 1.72 bits per heavy atom. The molecule has 150 valence electrons. The summed E-state index contributed by atoms with van der Waals surface area (Å²) < 4.78 is 11.1. The highest BCUT2D eigenvalue weighted by molar-refractivity contribution is 5.99. The molecule has 1 atom stereocenters. The van der Waals surface area contributed by atoms with Crippen LogP contribution in [0, 0.1) is 0 Å². The van der Waals surface area contributed by atoms with E-state index in [1.807, 2.05) is 12.1 Å². The molecule has 0 N–H and O–H groups in total. The van der Waals surface area contributed by atoms with Gasteiger partial charge in [0.2, 0.25) is 5.76 Å². The first-order valence-corrected chi connectivity index (χ1v) is 9.79. The molecule has 1 aliphatic heterocycles. The lowest BCUT2D eigenvalue weighted by atomic mass is 9.86. The summed E-state index contributed by atoms with van der Waals surface area (Å²) in [6.07, 6.45) is 0. The lowest BCUT2D eigenvalue weighted by molar-refractivity contribution is 0.0663. The van der Waals surface area contributed by atoms with Gasteiger partial charge in [-0.2, -0.15) is 0 Å². The highest BCUT2D eigenvalue weighted by Gasteiger charge is 2.42. The summed E-state index contributed by atoms with van der Waals surface area (Å²) >= 11 is 0. The van der Waals surface area contributed by atoms with Crippen molar-refractivity contribution in [1.29, 1.82) is 0 Å². The zero-order valence-corrected chi connectivity index (χ0v) is 17.2. The maximum atomic E-state index is 13.3. The minimum Gasteiger partial charge on any atom is -0.450 e. The third kappa shape index (κ3) is 3.25. The largest absolute Gasteiger partial charge is 0.450 e. The van der Waals surface area contributed by atoms with Gasteiger partial charge >= 0.3 is 0 Å². The Balaban J connectivity index is 1.90. The first-order valence-electron chi connectivity index (χ1n) is 9.79. The van der Waals surface area contributed by atoms with Crippen LogP contribution in [-0.2, 0) is 10.2 Å². The van der Waals surface area contributed by atoms with Crippen LogP contribution in [0.4, 0.5) is 0 Å². The summed E-state index contributed by atoms with van der Waals surface area (Å²) in [6.45, 7) is 7.22. The topological polar surface area (TPSA) is 59.8 Å². The van der Waals surface area contributed by atoms with Crippen LogP contribution in [0.25, 0.3) is 11.0 Å². The Morgan fingerprint density at radius 3 is 2.38 bits per heavy atom. The summed E-state index contributed by atoms with van der Waals surface area (Å²) in [5.74, 6) is -0.139. The fourth-order valence-electron chi connectivity index (χ4n) is 3.90. The molecule has 1 aromatic heterocycles. The Labute approximate surface area is 169 Å². The summed E-state index contributed by atoms with van der Waals surface area (Å²) in [4.78, 5) is 28.1. The molecule has 4 rings (SSSR count). The third-order valence-corrected chi connectivity index (χ3v) is 5.50. The van der Waals surface area contributed by atoms with E-state index in [9.17, 15) is 9.59 Å². The van der Waals surface area contributed by atoms with Crippen LogP contribution in [0.1, 0.15) is 54.1 Å². The second-order valence-corrected chi connectivity index (χ2v) is 8.44. The normalized spacial score (nSPS) is 16.5. The molecule has 5 nitrogen and oxygen atoms in total. The summed E-state index contributed by atoms with van der Waals surface area (Å²) in [7, 11) is 1.60. The molecule has 2 aromatic carbocycles. The lowest BCUT2D eigenvalue weighted by Gasteiger charge is -2.26. The molecule has 0 saturated heterocycles. The number of para-hydroxylation sites is 1. The fraction of sp³-hybridized carbons (Fsp3) is 0.333. The molecule has 0 aliphatic carbocycles. The minimum absolute atomic E-state index is 0.0207. The molecule has 0 radical (unpaired) electrons. The predicted octanol–water partition coefficient (Wildman–Crippen LogP) is 4.28. The van der Waals surface area contributed by atoms with Crippen molar-refractivity contribution in [2.45, 2.75) is 32.2 Å². The van der Waals surface area contributed by atoms with Crippen LogP contribution in [0.2, 0.25) is 0 Å². The fourth-order valence-corrected chi connectivity index (χ4v) is 3.90. The predicted molar refractivity (Wildman–Crippen MR) is 112 cm³/mol. The van der Waals surface area contributed by atoms with Crippen LogP contribution in [0.5, 0.6) is 0 Å². The Bertz CT molecular complexity index is 1120. The van der Waals surface area contributed by atoms with E-state index in [1.54, 1.807) is 36.3 Å². The quantitative estimate of drug-likeness (QED) is 0.666. The van der Waals surface area contributed by atoms with Gasteiger partial charge in [0.05, 0.1) is 23.6 Å². The third-order valence-electron chi connectivity index (χ3n) is 5.50. The second-order valence-electron chi connectivity index (χ2n) is 8.44. The number of carbonyl (C=O) groups excluding carboxylic acids is 1. The number of hydrogen-bond acceptors (Lipinski definition) is 4. The number of ether oxygens (including phenoxy) is 1. The van der Waals surface area contributed by atoms with Crippen LogP contribution >= 0.6 is 0 Å². The van der Waals surface area contributed by atoms with Gasteiger partial charge in [0, 0.05) is 13.7 Å². The van der Waals surface area contributed by atoms with Gasteiger partial charge in [0.15, 0.2) is 5.43 Å². The SMILES string of the molecule is COCCN1C(=O)c2oc3ccccc3c(=O)c2[C@H]1c1ccc(C(C)(C)C)cc1. The maximum Gasteiger partial charge on any atom is 0.290 e. The molecule has 5 heteroatoms. The van der Waals surface area contributed by atoms with Gasteiger partial charge in [-0.3, -0.25) is 9.59 Å². The Hall–Kier alpha value is -2.92. The molecule has 3 aromatic rings. The summed E-state index contributed by atoms with van der Waals surface area (Å²) in [6, 6.07) is 14.7. The van der Waals surface area contributed by atoms with Gasteiger partial charge in [-0.25, -0.2) is 0 Å². The van der Waals surface area contributed by atoms with Crippen LogP contribution in [-0.4, -0.2) is 31.1 Å². The average Bonchev–Trinajstić information content (AvgIpc) is 2.98. The molecule has 0 bridgehead atoms. The van der Waals surface area contributed by atoms with E-state index >= 15 is 0 Å². The van der Waals surface area contributed by atoms with Crippen molar-refractivity contribution < 1.29 is 13.9 Å². The van der Waals surface area contributed by atoms with Crippen LogP contribution in [0.3, 0.4) is 0 Å². The highest BCUT2D eigenvalue weighted by atomic mass is 16.5. The molecular weight excluding hydrogens is 366 g/mol.